The van der Waals surface area contributed by atoms with E-state index in [9.17, 15) is 4.79 Å². The zero-order valence-corrected chi connectivity index (χ0v) is 14.7. The molecule has 5 heteroatoms. The van der Waals surface area contributed by atoms with Crippen LogP contribution in [0.3, 0.4) is 0 Å². The Labute approximate surface area is 139 Å². The highest BCUT2D eigenvalue weighted by Gasteiger charge is 2.24. The van der Waals surface area contributed by atoms with Crippen LogP contribution in [-0.2, 0) is 0 Å². The van der Waals surface area contributed by atoms with E-state index < -0.39 is 0 Å². The monoisotopic (exact) mass is 327 g/mol. The first kappa shape index (κ1) is 15.7. The fourth-order valence-corrected chi connectivity index (χ4v) is 3.93. The summed E-state index contributed by atoms with van der Waals surface area (Å²) in [7, 11) is 0. The van der Waals surface area contributed by atoms with Crippen molar-refractivity contribution < 1.29 is 4.79 Å². The van der Waals surface area contributed by atoms with Gasteiger partial charge in [0, 0.05) is 33.8 Å². The summed E-state index contributed by atoms with van der Waals surface area (Å²) in [5, 5.41) is 8.66. The molecule has 0 fully saturated rings. The van der Waals surface area contributed by atoms with Crippen molar-refractivity contribution >= 4 is 43.9 Å². The average molecular weight is 327 g/mol. The van der Waals surface area contributed by atoms with E-state index >= 15 is 0 Å². The lowest BCUT2D eigenvalue weighted by Gasteiger charge is -2.10. The number of fused-ring (bicyclic) bond motifs is 5. The minimum atomic E-state index is 0.0110. The molecule has 4 nitrogen and oxygen atoms in total. The van der Waals surface area contributed by atoms with Crippen molar-refractivity contribution in [3.8, 4) is 0 Å². The number of carbonyl (C=O) groups excluding carboxylic acids is 1. The highest BCUT2D eigenvalue weighted by Crippen LogP contribution is 2.40. The number of hydrogen-bond acceptors (Lipinski definition) is 4. The Balaban J connectivity index is 0.000000753. The molecule has 0 bridgehead atoms. The SMILES string of the molecule is CC.Cc1ccc2c(ccc3sc4c(c32)NCC(C)NC4=O)n1. The molecular formula is C18H21N3OS. The lowest BCUT2D eigenvalue weighted by atomic mass is 10.1. The summed E-state index contributed by atoms with van der Waals surface area (Å²) in [6.45, 7) is 8.73. The highest BCUT2D eigenvalue weighted by molar-refractivity contribution is 7.21. The van der Waals surface area contributed by atoms with Crippen molar-refractivity contribution in [3.05, 3.63) is 34.8 Å². The van der Waals surface area contributed by atoms with Crippen LogP contribution in [0.15, 0.2) is 24.3 Å². The Morgan fingerprint density at radius 3 is 2.78 bits per heavy atom. The summed E-state index contributed by atoms with van der Waals surface area (Å²) in [6.07, 6.45) is 0. The fraction of sp³-hybridized carbons (Fsp3) is 0.333. The number of nitrogens with one attached hydrogen (secondary N) is 2. The summed E-state index contributed by atoms with van der Waals surface area (Å²) in [4.78, 5) is 17.7. The molecule has 0 saturated carbocycles. The molecule has 1 aromatic carbocycles. The first-order chi connectivity index (χ1) is 11.1. The molecular weight excluding hydrogens is 306 g/mol. The summed E-state index contributed by atoms with van der Waals surface area (Å²) < 4.78 is 1.12. The normalized spacial score (nSPS) is 16.9. The van der Waals surface area contributed by atoms with Gasteiger partial charge in [-0.15, -0.1) is 11.3 Å². The molecule has 3 aromatic rings. The molecule has 1 unspecified atom stereocenters. The quantitative estimate of drug-likeness (QED) is 0.646. The molecule has 0 saturated heterocycles. The second-order valence-corrected chi connectivity index (χ2v) is 6.57. The van der Waals surface area contributed by atoms with Crippen LogP contribution in [-0.4, -0.2) is 23.5 Å². The highest BCUT2D eigenvalue weighted by atomic mass is 32.1. The van der Waals surface area contributed by atoms with Gasteiger partial charge in [0.25, 0.3) is 5.91 Å². The number of anilines is 1. The minimum Gasteiger partial charge on any atom is -0.381 e. The number of pyridine rings is 1. The van der Waals surface area contributed by atoms with Gasteiger partial charge < -0.3 is 10.6 Å². The first-order valence-electron chi connectivity index (χ1n) is 8.01. The third-order valence-electron chi connectivity index (χ3n) is 3.83. The van der Waals surface area contributed by atoms with E-state index in [1.807, 2.05) is 39.8 Å². The molecule has 120 valence electrons. The predicted molar refractivity (Wildman–Crippen MR) is 98.6 cm³/mol. The van der Waals surface area contributed by atoms with Gasteiger partial charge in [-0.3, -0.25) is 9.78 Å². The molecule has 0 aliphatic carbocycles. The molecule has 1 aliphatic rings. The molecule has 2 N–H and O–H groups in total. The van der Waals surface area contributed by atoms with Gasteiger partial charge >= 0.3 is 0 Å². The van der Waals surface area contributed by atoms with Crippen molar-refractivity contribution in [2.45, 2.75) is 33.7 Å². The van der Waals surface area contributed by atoms with Gasteiger partial charge in [0.2, 0.25) is 0 Å². The molecule has 4 rings (SSSR count). The maximum absolute atomic E-state index is 12.3. The summed E-state index contributed by atoms with van der Waals surface area (Å²) in [6, 6.07) is 8.33. The lowest BCUT2D eigenvalue weighted by molar-refractivity contribution is 0.0949. The maximum atomic E-state index is 12.3. The van der Waals surface area contributed by atoms with Gasteiger partial charge in [0.15, 0.2) is 0 Å². The van der Waals surface area contributed by atoms with Crippen LogP contribution in [0.25, 0.3) is 21.0 Å². The van der Waals surface area contributed by atoms with Crippen molar-refractivity contribution in [2.75, 3.05) is 11.9 Å². The Bertz CT molecular complexity index is 885. The van der Waals surface area contributed by atoms with Crippen LogP contribution in [0.5, 0.6) is 0 Å². The van der Waals surface area contributed by atoms with Crippen LogP contribution in [0.4, 0.5) is 5.69 Å². The van der Waals surface area contributed by atoms with Gasteiger partial charge in [-0.2, -0.15) is 0 Å². The third-order valence-corrected chi connectivity index (χ3v) is 4.98. The van der Waals surface area contributed by atoms with E-state index in [0.717, 1.165) is 43.8 Å². The van der Waals surface area contributed by atoms with Crippen LogP contribution in [0, 0.1) is 6.92 Å². The van der Waals surface area contributed by atoms with Gasteiger partial charge in [0.05, 0.1) is 11.2 Å². The van der Waals surface area contributed by atoms with Crippen molar-refractivity contribution in [1.29, 1.82) is 0 Å². The summed E-state index contributed by atoms with van der Waals surface area (Å²) in [5.41, 5.74) is 2.93. The molecule has 23 heavy (non-hydrogen) atoms. The van der Waals surface area contributed by atoms with Crippen LogP contribution >= 0.6 is 11.3 Å². The van der Waals surface area contributed by atoms with E-state index in [1.54, 1.807) is 0 Å². The van der Waals surface area contributed by atoms with Gasteiger partial charge in [0.1, 0.15) is 4.88 Å². The topological polar surface area (TPSA) is 54.0 Å². The van der Waals surface area contributed by atoms with Gasteiger partial charge in [-0.1, -0.05) is 19.9 Å². The minimum absolute atomic E-state index is 0.0110. The van der Waals surface area contributed by atoms with Crippen LogP contribution in [0.1, 0.15) is 36.1 Å². The molecule has 3 heterocycles. The van der Waals surface area contributed by atoms with E-state index in [-0.39, 0.29) is 11.9 Å². The number of benzene rings is 1. The second-order valence-electron chi connectivity index (χ2n) is 5.52. The Kier molecular flexibility index (Phi) is 4.22. The number of aromatic nitrogens is 1. The van der Waals surface area contributed by atoms with Crippen molar-refractivity contribution in [1.82, 2.24) is 10.3 Å². The van der Waals surface area contributed by atoms with Gasteiger partial charge in [-0.05, 0) is 32.0 Å². The molecule has 0 spiro atoms. The number of hydrogen-bond donors (Lipinski definition) is 2. The zero-order chi connectivity index (χ0) is 16.6. The number of thiophene rings is 1. The van der Waals surface area contributed by atoms with E-state index in [1.165, 1.54) is 11.3 Å². The second kappa shape index (κ2) is 6.16. The Morgan fingerprint density at radius 1 is 1.22 bits per heavy atom. The third kappa shape index (κ3) is 2.65. The summed E-state index contributed by atoms with van der Waals surface area (Å²) in [5.74, 6) is 0.0110. The van der Waals surface area contributed by atoms with E-state index in [4.69, 9.17) is 0 Å². The average Bonchev–Trinajstić information content (AvgIpc) is 2.87. The van der Waals surface area contributed by atoms with Gasteiger partial charge in [-0.25, -0.2) is 0 Å². The Morgan fingerprint density at radius 2 is 2.00 bits per heavy atom. The molecule has 2 aromatic heterocycles. The first-order valence-corrected chi connectivity index (χ1v) is 8.83. The molecule has 1 atom stereocenters. The van der Waals surface area contributed by atoms with Crippen LogP contribution in [0.2, 0.25) is 0 Å². The number of nitrogens with zero attached hydrogens (tertiary/aromatic N) is 1. The van der Waals surface area contributed by atoms with E-state index in [2.05, 4.69) is 27.8 Å². The summed E-state index contributed by atoms with van der Waals surface area (Å²) >= 11 is 1.54. The van der Waals surface area contributed by atoms with E-state index in [0.29, 0.717) is 0 Å². The lowest BCUT2D eigenvalue weighted by Crippen LogP contribution is -2.34. The Hall–Kier alpha value is -2.14. The largest absolute Gasteiger partial charge is 0.381 e. The molecule has 1 amide bonds. The number of aryl methyl sites for hydroxylation is 1. The van der Waals surface area contributed by atoms with Crippen molar-refractivity contribution in [2.24, 2.45) is 0 Å². The van der Waals surface area contributed by atoms with Crippen molar-refractivity contribution in [3.63, 3.8) is 0 Å². The predicted octanol–water partition coefficient (Wildman–Crippen LogP) is 4.33. The van der Waals surface area contributed by atoms with Crippen LogP contribution < -0.4 is 10.6 Å². The molecule has 0 radical (unpaired) electrons. The number of carbonyl (C=O) groups is 1. The number of rotatable bonds is 0. The smallest absolute Gasteiger partial charge is 0.263 e. The molecule has 1 aliphatic heterocycles. The zero-order valence-electron chi connectivity index (χ0n) is 13.9. The number of amides is 1. The fourth-order valence-electron chi connectivity index (χ4n) is 2.83. The standard InChI is InChI=1S/C16H15N3OS.C2H6/c1-8-3-4-10-11(18-8)5-6-12-13(10)14-15(21-12)16(20)19-9(2)7-17-14;1-2/h3-6,9,17H,7H2,1-2H3,(H,19,20);1-2H3. The maximum Gasteiger partial charge on any atom is 0.263 e.